The lowest BCUT2D eigenvalue weighted by atomic mass is 9.83. The zero-order chi connectivity index (χ0) is 22.1. The van der Waals surface area contributed by atoms with Crippen LogP contribution in [0.3, 0.4) is 0 Å². The Labute approximate surface area is 191 Å². The standard InChI is InChI=1S/C25H37N5O2/c1-19(31)28-13-11-25(12-14-28)18-29(24(32)30(25)17-20-5-3-2-4-6-20)23-9-7-21(8-10-23)22-15-26-27-16-22/h7-10,20,22,26-27H,2-6,11-18H2,1H3. The largest absolute Gasteiger partial charge is 0.343 e. The van der Waals surface area contributed by atoms with E-state index in [2.05, 4.69) is 40.0 Å². The number of carbonyl (C=O) groups is 2. The average molecular weight is 440 g/mol. The monoisotopic (exact) mass is 439 g/mol. The number of hydrazine groups is 1. The maximum atomic E-state index is 13.8. The highest BCUT2D eigenvalue weighted by molar-refractivity contribution is 5.95. The molecule has 0 unspecified atom stereocenters. The molecule has 3 saturated heterocycles. The van der Waals surface area contributed by atoms with Gasteiger partial charge in [-0.1, -0.05) is 31.4 Å². The molecule has 3 amide bonds. The van der Waals surface area contributed by atoms with Crippen LogP contribution in [0.1, 0.15) is 63.4 Å². The smallest absolute Gasteiger partial charge is 0.325 e. The van der Waals surface area contributed by atoms with Crippen LogP contribution in [0.15, 0.2) is 24.3 Å². The van der Waals surface area contributed by atoms with Crippen molar-refractivity contribution in [3.05, 3.63) is 29.8 Å². The van der Waals surface area contributed by atoms with Crippen molar-refractivity contribution in [2.24, 2.45) is 5.92 Å². The number of benzene rings is 1. The molecule has 174 valence electrons. The summed E-state index contributed by atoms with van der Waals surface area (Å²) in [5, 5.41) is 0. The number of nitrogens with zero attached hydrogens (tertiary/aromatic N) is 3. The molecule has 3 heterocycles. The van der Waals surface area contributed by atoms with Crippen molar-refractivity contribution >= 4 is 17.6 Å². The van der Waals surface area contributed by atoms with Gasteiger partial charge in [0.2, 0.25) is 5.91 Å². The fraction of sp³-hybridized carbons (Fsp3) is 0.680. The number of carbonyl (C=O) groups excluding carboxylic acids is 2. The van der Waals surface area contributed by atoms with Gasteiger partial charge in [-0.2, -0.15) is 0 Å². The number of hydrogen-bond acceptors (Lipinski definition) is 4. The quantitative estimate of drug-likeness (QED) is 0.757. The second-order valence-electron chi connectivity index (χ2n) is 10.3. The van der Waals surface area contributed by atoms with Crippen LogP contribution >= 0.6 is 0 Å². The van der Waals surface area contributed by atoms with Crippen LogP contribution < -0.4 is 15.8 Å². The predicted octanol–water partition coefficient (Wildman–Crippen LogP) is 3.08. The molecule has 1 spiro atoms. The minimum absolute atomic E-state index is 0.145. The SMILES string of the molecule is CC(=O)N1CCC2(CC1)CN(c1ccc(C3CNNC3)cc1)C(=O)N2CC1CCCCC1. The molecular weight excluding hydrogens is 402 g/mol. The normalized spacial score (nSPS) is 24.7. The molecule has 4 fully saturated rings. The van der Waals surface area contributed by atoms with Crippen molar-refractivity contribution < 1.29 is 9.59 Å². The molecule has 7 heteroatoms. The summed E-state index contributed by atoms with van der Waals surface area (Å²) in [5.41, 5.74) is 8.54. The van der Waals surface area contributed by atoms with E-state index in [1.807, 2.05) is 9.80 Å². The molecule has 1 aromatic carbocycles. The highest BCUT2D eigenvalue weighted by Crippen LogP contribution is 2.40. The van der Waals surface area contributed by atoms with E-state index < -0.39 is 0 Å². The topological polar surface area (TPSA) is 67.9 Å². The maximum Gasteiger partial charge on any atom is 0.325 e. The van der Waals surface area contributed by atoms with Crippen LogP contribution in [0.25, 0.3) is 0 Å². The lowest BCUT2D eigenvalue weighted by Gasteiger charge is -2.44. The van der Waals surface area contributed by atoms with Crippen molar-refractivity contribution in [2.75, 3.05) is 44.2 Å². The van der Waals surface area contributed by atoms with E-state index in [0.717, 1.165) is 57.8 Å². The summed E-state index contributed by atoms with van der Waals surface area (Å²) in [4.78, 5) is 31.8. The Hall–Kier alpha value is -2.12. The van der Waals surface area contributed by atoms with Crippen LogP contribution in [-0.4, -0.2) is 66.5 Å². The summed E-state index contributed by atoms with van der Waals surface area (Å²) in [6.07, 6.45) is 8.11. The third-order valence-corrected chi connectivity index (χ3v) is 8.29. The molecule has 0 radical (unpaired) electrons. The Morgan fingerprint density at radius 1 is 1.03 bits per heavy atom. The summed E-state index contributed by atoms with van der Waals surface area (Å²) >= 11 is 0. The van der Waals surface area contributed by atoms with Crippen molar-refractivity contribution in [3.8, 4) is 0 Å². The van der Waals surface area contributed by atoms with Gasteiger partial charge in [-0.05, 0) is 49.3 Å². The van der Waals surface area contributed by atoms with E-state index in [0.29, 0.717) is 11.8 Å². The molecule has 5 rings (SSSR count). The number of rotatable bonds is 4. The third kappa shape index (κ3) is 4.13. The Bertz CT molecular complexity index is 821. The van der Waals surface area contributed by atoms with Crippen molar-refractivity contribution in [1.29, 1.82) is 0 Å². The van der Waals surface area contributed by atoms with E-state index in [1.165, 1.54) is 37.7 Å². The first-order chi connectivity index (χ1) is 15.6. The second kappa shape index (κ2) is 9.02. The fourth-order valence-electron chi connectivity index (χ4n) is 6.19. The van der Waals surface area contributed by atoms with Gasteiger partial charge >= 0.3 is 6.03 Å². The zero-order valence-corrected chi connectivity index (χ0v) is 19.3. The van der Waals surface area contributed by atoms with Gasteiger partial charge in [0.05, 0.1) is 12.1 Å². The summed E-state index contributed by atoms with van der Waals surface area (Å²) in [7, 11) is 0. The van der Waals surface area contributed by atoms with Crippen LogP contribution in [-0.2, 0) is 4.79 Å². The Balaban J connectivity index is 1.37. The number of anilines is 1. The first kappa shape index (κ1) is 21.7. The van der Waals surface area contributed by atoms with Gasteiger partial charge in [0.25, 0.3) is 0 Å². The van der Waals surface area contributed by atoms with E-state index in [-0.39, 0.29) is 17.5 Å². The summed E-state index contributed by atoms with van der Waals surface area (Å²) in [6.45, 7) is 6.63. The Morgan fingerprint density at radius 3 is 2.31 bits per heavy atom. The van der Waals surface area contributed by atoms with Crippen molar-refractivity contribution in [2.45, 2.75) is 63.3 Å². The Morgan fingerprint density at radius 2 is 1.69 bits per heavy atom. The molecule has 4 aliphatic rings. The van der Waals surface area contributed by atoms with E-state index in [9.17, 15) is 9.59 Å². The average Bonchev–Trinajstić information content (AvgIpc) is 3.44. The number of hydrogen-bond donors (Lipinski definition) is 2. The van der Waals surface area contributed by atoms with Gasteiger partial charge in [-0.3, -0.25) is 20.5 Å². The highest BCUT2D eigenvalue weighted by atomic mass is 16.2. The van der Waals surface area contributed by atoms with Crippen molar-refractivity contribution in [3.63, 3.8) is 0 Å². The van der Waals surface area contributed by atoms with Gasteiger partial charge < -0.3 is 9.80 Å². The van der Waals surface area contributed by atoms with E-state index in [4.69, 9.17) is 0 Å². The van der Waals surface area contributed by atoms with Crippen LogP contribution in [0.5, 0.6) is 0 Å². The highest BCUT2D eigenvalue weighted by Gasteiger charge is 2.51. The number of piperidine rings is 1. The predicted molar refractivity (Wildman–Crippen MR) is 125 cm³/mol. The third-order valence-electron chi connectivity index (χ3n) is 8.29. The van der Waals surface area contributed by atoms with Crippen LogP contribution in [0.2, 0.25) is 0 Å². The Kier molecular flexibility index (Phi) is 6.12. The van der Waals surface area contributed by atoms with Gasteiger partial charge in [0.1, 0.15) is 0 Å². The number of likely N-dealkylation sites (tertiary alicyclic amines) is 1. The molecular formula is C25H37N5O2. The summed E-state index contributed by atoms with van der Waals surface area (Å²) in [6, 6.07) is 8.75. The van der Waals surface area contributed by atoms with E-state index >= 15 is 0 Å². The molecule has 0 aromatic heterocycles. The van der Waals surface area contributed by atoms with Crippen molar-refractivity contribution in [1.82, 2.24) is 20.7 Å². The first-order valence-corrected chi connectivity index (χ1v) is 12.5. The van der Waals surface area contributed by atoms with Gasteiger partial charge in [-0.15, -0.1) is 0 Å². The molecule has 3 aliphatic heterocycles. The number of amides is 3. The lowest BCUT2D eigenvalue weighted by molar-refractivity contribution is -0.131. The molecule has 32 heavy (non-hydrogen) atoms. The maximum absolute atomic E-state index is 13.8. The zero-order valence-electron chi connectivity index (χ0n) is 19.3. The first-order valence-electron chi connectivity index (χ1n) is 12.5. The van der Waals surface area contributed by atoms with Gasteiger partial charge in [-0.25, -0.2) is 4.79 Å². The molecule has 0 atom stereocenters. The molecule has 1 aliphatic carbocycles. The molecule has 1 aromatic rings. The van der Waals surface area contributed by atoms with Gasteiger partial charge in [0, 0.05) is 51.3 Å². The minimum atomic E-state index is -0.154. The number of nitrogens with one attached hydrogen (secondary N) is 2. The molecule has 7 nitrogen and oxygen atoms in total. The van der Waals surface area contributed by atoms with E-state index in [1.54, 1.807) is 6.92 Å². The fourth-order valence-corrected chi connectivity index (χ4v) is 6.19. The molecule has 0 bridgehead atoms. The minimum Gasteiger partial charge on any atom is -0.343 e. The molecule has 2 N–H and O–H groups in total. The second-order valence-corrected chi connectivity index (χ2v) is 10.3. The number of urea groups is 1. The summed E-state index contributed by atoms with van der Waals surface area (Å²) < 4.78 is 0. The van der Waals surface area contributed by atoms with Crippen LogP contribution in [0.4, 0.5) is 10.5 Å². The lowest BCUT2D eigenvalue weighted by Crippen LogP contribution is -2.56. The summed E-state index contributed by atoms with van der Waals surface area (Å²) in [5.74, 6) is 1.23. The van der Waals surface area contributed by atoms with Crippen LogP contribution in [0, 0.1) is 5.92 Å². The van der Waals surface area contributed by atoms with Gasteiger partial charge in [0.15, 0.2) is 0 Å². The molecule has 1 saturated carbocycles.